The van der Waals surface area contributed by atoms with Gasteiger partial charge in [0.25, 0.3) is 5.56 Å². The fourth-order valence-corrected chi connectivity index (χ4v) is 2.72. The molecule has 0 bridgehead atoms. The van der Waals surface area contributed by atoms with Crippen LogP contribution in [0.15, 0.2) is 53.3 Å². The number of rotatable bonds is 4. The van der Waals surface area contributed by atoms with Gasteiger partial charge in [-0.3, -0.25) is 4.79 Å². The molecule has 0 atom stereocenters. The largest absolute Gasteiger partial charge is 0.378 e. The maximum absolute atomic E-state index is 12.4. The summed E-state index contributed by atoms with van der Waals surface area (Å²) in [4.78, 5) is 14.4. The highest BCUT2D eigenvalue weighted by Gasteiger charge is 2.10. The molecule has 0 saturated heterocycles. The summed E-state index contributed by atoms with van der Waals surface area (Å²) in [5.74, 6) is 0. The highest BCUT2D eigenvalue weighted by atomic mass is 16.1. The van der Waals surface area contributed by atoms with Gasteiger partial charge in [-0.15, -0.1) is 0 Å². The first-order valence-corrected chi connectivity index (χ1v) is 7.72. The van der Waals surface area contributed by atoms with Crippen LogP contribution in [0, 0.1) is 11.3 Å². The van der Waals surface area contributed by atoms with Crippen molar-refractivity contribution >= 4 is 16.5 Å². The van der Waals surface area contributed by atoms with Crippen LogP contribution in [0.25, 0.3) is 10.8 Å². The second-order valence-electron chi connectivity index (χ2n) is 5.85. The van der Waals surface area contributed by atoms with Gasteiger partial charge >= 0.3 is 0 Å². The van der Waals surface area contributed by atoms with Crippen LogP contribution in [0.3, 0.4) is 0 Å². The molecule has 0 aliphatic rings. The van der Waals surface area contributed by atoms with Crippen molar-refractivity contribution in [2.75, 3.05) is 19.0 Å². The van der Waals surface area contributed by atoms with E-state index in [4.69, 9.17) is 5.26 Å². The fraction of sp³-hybridized carbons (Fsp3) is 0.211. The molecule has 0 aliphatic heterocycles. The zero-order valence-electron chi connectivity index (χ0n) is 13.7. The SMILES string of the molecule is CN(C)c1ccc(Cc2nn(CC#N)c(=O)c3ccccc23)cc1. The monoisotopic (exact) mass is 318 g/mol. The molecule has 3 rings (SSSR count). The van der Waals surface area contributed by atoms with Crippen molar-refractivity contribution in [3.05, 3.63) is 70.1 Å². The molecule has 120 valence electrons. The third kappa shape index (κ3) is 2.99. The Kier molecular flexibility index (Phi) is 4.30. The number of aromatic nitrogens is 2. The number of hydrogen-bond acceptors (Lipinski definition) is 4. The van der Waals surface area contributed by atoms with E-state index in [2.05, 4.69) is 29.4 Å². The molecule has 1 heterocycles. The minimum absolute atomic E-state index is 0.0454. The predicted molar refractivity (Wildman–Crippen MR) is 95.2 cm³/mol. The standard InChI is InChI=1S/C19H18N4O/c1-22(2)15-9-7-14(8-10-15)13-18-16-5-3-4-6-17(16)19(24)23(21-18)12-11-20/h3-10H,12-13H2,1-2H3. The van der Waals surface area contributed by atoms with Gasteiger partial charge in [-0.05, 0) is 23.8 Å². The zero-order valence-corrected chi connectivity index (χ0v) is 13.7. The summed E-state index contributed by atoms with van der Waals surface area (Å²) in [6.45, 7) is -0.0454. The Morgan fingerprint density at radius 1 is 1.08 bits per heavy atom. The Labute approximate surface area is 140 Å². The number of nitrogens with zero attached hydrogens (tertiary/aromatic N) is 4. The summed E-state index contributed by atoms with van der Waals surface area (Å²) in [6.07, 6.45) is 0.611. The first-order chi connectivity index (χ1) is 11.6. The quantitative estimate of drug-likeness (QED) is 0.742. The van der Waals surface area contributed by atoms with Crippen molar-refractivity contribution in [2.24, 2.45) is 0 Å². The predicted octanol–water partition coefficient (Wildman–Crippen LogP) is 2.58. The zero-order chi connectivity index (χ0) is 17.1. The lowest BCUT2D eigenvalue weighted by molar-refractivity contribution is 0.651. The topological polar surface area (TPSA) is 61.9 Å². The molecular weight excluding hydrogens is 300 g/mol. The summed E-state index contributed by atoms with van der Waals surface area (Å²) >= 11 is 0. The molecule has 0 saturated carbocycles. The van der Waals surface area contributed by atoms with Crippen LogP contribution in [0.2, 0.25) is 0 Å². The molecule has 0 N–H and O–H groups in total. The van der Waals surface area contributed by atoms with Gasteiger partial charge in [0, 0.05) is 31.6 Å². The molecule has 0 aliphatic carbocycles. The Bertz CT molecular complexity index is 965. The third-order valence-electron chi connectivity index (χ3n) is 3.99. The minimum atomic E-state index is -0.223. The Morgan fingerprint density at radius 2 is 1.75 bits per heavy atom. The van der Waals surface area contributed by atoms with E-state index < -0.39 is 0 Å². The first-order valence-electron chi connectivity index (χ1n) is 7.72. The normalized spacial score (nSPS) is 10.5. The molecule has 0 unspecified atom stereocenters. The van der Waals surface area contributed by atoms with E-state index in [1.165, 1.54) is 4.68 Å². The van der Waals surface area contributed by atoms with E-state index in [9.17, 15) is 4.79 Å². The number of hydrogen-bond donors (Lipinski definition) is 0. The Balaban J connectivity index is 2.07. The summed E-state index contributed by atoms with van der Waals surface area (Å²) in [5, 5.41) is 14.8. The van der Waals surface area contributed by atoms with Gasteiger partial charge in [-0.1, -0.05) is 30.3 Å². The fourth-order valence-electron chi connectivity index (χ4n) is 2.72. The summed E-state index contributed by atoms with van der Waals surface area (Å²) in [7, 11) is 4.00. The molecule has 5 nitrogen and oxygen atoms in total. The molecule has 1 aromatic heterocycles. The van der Waals surface area contributed by atoms with Gasteiger partial charge in [0.1, 0.15) is 6.54 Å². The van der Waals surface area contributed by atoms with Crippen molar-refractivity contribution < 1.29 is 0 Å². The van der Waals surface area contributed by atoms with Crippen LogP contribution in [0.1, 0.15) is 11.3 Å². The van der Waals surface area contributed by atoms with Crippen molar-refractivity contribution in [1.82, 2.24) is 9.78 Å². The molecule has 0 radical (unpaired) electrons. The number of nitriles is 1. The van der Waals surface area contributed by atoms with Gasteiger partial charge in [0.05, 0.1) is 17.1 Å². The van der Waals surface area contributed by atoms with Crippen LogP contribution in [-0.2, 0) is 13.0 Å². The van der Waals surface area contributed by atoms with Gasteiger partial charge < -0.3 is 4.90 Å². The third-order valence-corrected chi connectivity index (χ3v) is 3.99. The Morgan fingerprint density at radius 3 is 2.38 bits per heavy atom. The van der Waals surface area contributed by atoms with Crippen molar-refractivity contribution in [3.63, 3.8) is 0 Å². The lowest BCUT2D eigenvalue weighted by Crippen LogP contribution is -2.24. The van der Waals surface area contributed by atoms with Gasteiger partial charge in [0.2, 0.25) is 0 Å². The van der Waals surface area contributed by atoms with Gasteiger partial charge in [-0.2, -0.15) is 10.4 Å². The van der Waals surface area contributed by atoms with E-state index >= 15 is 0 Å². The lowest BCUT2D eigenvalue weighted by atomic mass is 10.0. The van der Waals surface area contributed by atoms with Crippen LogP contribution in [0.4, 0.5) is 5.69 Å². The Hall–Kier alpha value is -3.13. The van der Waals surface area contributed by atoms with Crippen LogP contribution < -0.4 is 10.5 Å². The van der Waals surface area contributed by atoms with E-state index in [1.807, 2.05) is 43.3 Å². The van der Waals surface area contributed by atoms with Crippen LogP contribution in [0.5, 0.6) is 0 Å². The van der Waals surface area contributed by atoms with Crippen LogP contribution in [-0.4, -0.2) is 23.9 Å². The van der Waals surface area contributed by atoms with E-state index in [1.54, 1.807) is 6.07 Å². The molecule has 3 aromatic rings. The highest BCUT2D eigenvalue weighted by molar-refractivity contribution is 5.83. The van der Waals surface area contributed by atoms with E-state index in [0.29, 0.717) is 11.8 Å². The average Bonchev–Trinajstić information content (AvgIpc) is 2.59. The molecule has 24 heavy (non-hydrogen) atoms. The second kappa shape index (κ2) is 6.55. The lowest BCUT2D eigenvalue weighted by Gasteiger charge is -2.13. The smallest absolute Gasteiger partial charge is 0.275 e. The maximum atomic E-state index is 12.4. The summed E-state index contributed by atoms with van der Waals surface area (Å²) in [6, 6.07) is 17.7. The molecular formula is C19H18N4O. The number of anilines is 1. The van der Waals surface area contributed by atoms with Crippen molar-refractivity contribution in [3.8, 4) is 6.07 Å². The number of benzene rings is 2. The molecule has 0 spiro atoms. The van der Waals surface area contributed by atoms with Gasteiger partial charge in [-0.25, -0.2) is 4.68 Å². The molecule has 0 fully saturated rings. The summed E-state index contributed by atoms with van der Waals surface area (Å²) in [5.41, 5.74) is 2.82. The molecule has 0 amide bonds. The first kappa shape index (κ1) is 15.8. The number of fused-ring (bicyclic) bond motifs is 1. The van der Waals surface area contributed by atoms with Gasteiger partial charge in [0.15, 0.2) is 0 Å². The van der Waals surface area contributed by atoms with Crippen LogP contribution >= 0.6 is 0 Å². The minimum Gasteiger partial charge on any atom is -0.378 e. The van der Waals surface area contributed by atoms with E-state index in [0.717, 1.165) is 22.3 Å². The summed E-state index contributed by atoms with van der Waals surface area (Å²) < 4.78 is 1.24. The van der Waals surface area contributed by atoms with Crippen molar-refractivity contribution in [2.45, 2.75) is 13.0 Å². The second-order valence-corrected chi connectivity index (χ2v) is 5.85. The molecule has 5 heteroatoms. The maximum Gasteiger partial charge on any atom is 0.275 e. The molecule has 2 aromatic carbocycles. The van der Waals surface area contributed by atoms with Crippen molar-refractivity contribution in [1.29, 1.82) is 5.26 Å². The highest BCUT2D eigenvalue weighted by Crippen LogP contribution is 2.19. The van der Waals surface area contributed by atoms with E-state index in [-0.39, 0.29) is 12.1 Å². The average molecular weight is 318 g/mol.